The molecule has 3 atom stereocenters. The van der Waals surface area contributed by atoms with Crippen LogP contribution in [-0.2, 0) is 4.74 Å². The van der Waals surface area contributed by atoms with E-state index in [1.165, 1.54) is 16.9 Å². The molecule has 4 heteroatoms. The number of methoxy groups -OCH3 is 1. The Balaban J connectivity index is 2.12. The lowest BCUT2D eigenvalue weighted by Gasteiger charge is -2.40. The molecule has 0 radical (unpaired) electrons. The SMILES string of the molecule is COC1CN(C(CN)c2sccc2C)CCC1C. The van der Waals surface area contributed by atoms with Crippen LogP contribution < -0.4 is 5.73 Å². The fourth-order valence-corrected chi connectivity index (χ4v) is 3.87. The first-order chi connectivity index (χ1) is 8.67. The summed E-state index contributed by atoms with van der Waals surface area (Å²) >= 11 is 1.82. The van der Waals surface area contributed by atoms with Gasteiger partial charge in [-0.25, -0.2) is 0 Å². The number of rotatable bonds is 4. The molecular weight excluding hydrogens is 244 g/mol. The highest BCUT2D eigenvalue weighted by atomic mass is 32.1. The molecule has 102 valence electrons. The smallest absolute Gasteiger partial charge is 0.0724 e. The van der Waals surface area contributed by atoms with E-state index in [1.54, 1.807) is 0 Å². The number of piperidine rings is 1. The average molecular weight is 268 g/mol. The third kappa shape index (κ3) is 2.77. The zero-order valence-corrected chi connectivity index (χ0v) is 12.4. The summed E-state index contributed by atoms with van der Waals surface area (Å²) < 4.78 is 5.60. The van der Waals surface area contributed by atoms with Crippen LogP contribution in [0.3, 0.4) is 0 Å². The van der Waals surface area contributed by atoms with Crippen molar-refractivity contribution >= 4 is 11.3 Å². The van der Waals surface area contributed by atoms with Gasteiger partial charge in [0.15, 0.2) is 0 Å². The van der Waals surface area contributed by atoms with Gasteiger partial charge in [0.25, 0.3) is 0 Å². The molecule has 1 aromatic rings. The lowest BCUT2D eigenvalue weighted by molar-refractivity contribution is -0.0179. The van der Waals surface area contributed by atoms with Crippen molar-refractivity contribution in [2.24, 2.45) is 11.7 Å². The van der Waals surface area contributed by atoms with Crippen LogP contribution in [0.4, 0.5) is 0 Å². The normalized spacial score (nSPS) is 27.3. The average Bonchev–Trinajstić information content (AvgIpc) is 2.79. The minimum Gasteiger partial charge on any atom is -0.380 e. The van der Waals surface area contributed by atoms with Gasteiger partial charge >= 0.3 is 0 Å². The van der Waals surface area contributed by atoms with E-state index >= 15 is 0 Å². The predicted octanol–water partition coefficient (Wildman–Crippen LogP) is 2.41. The van der Waals surface area contributed by atoms with Crippen molar-refractivity contribution in [2.45, 2.75) is 32.4 Å². The number of aryl methyl sites for hydroxylation is 1. The molecule has 0 bridgehead atoms. The summed E-state index contributed by atoms with van der Waals surface area (Å²) in [5.41, 5.74) is 7.37. The van der Waals surface area contributed by atoms with Crippen LogP contribution in [0.5, 0.6) is 0 Å². The largest absolute Gasteiger partial charge is 0.380 e. The van der Waals surface area contributed by atoms with Crippen molar-refractivity contribution < 1.29 is 4.74 Å². The zero-order valence-electron chi connectivity index (χ0n) is 11.6. The number of nitrogens with two attached hydrogens (primary N) is 1. The van der Waals surface area contributed by atoms with E-state index < -0.39 is 0 Å². The van der Waals surface area contributed by atoms with Gasteiger partial charge in [0.05, 0.1) is 12.1 Å². The summed E-state index contributed by atoms with van der Waals surface area (Å²) in [5, 5.41) is 2.16. The van der Waals surface area contributed by atoms with E-state index in [0.29, 0.717) is 24.6 Å². The van der Waals surface area contributed by atoms with E-state index in [1.807, 2.05) is 18.4 Å². The molecule has 0 aromatic carbocycles. The van der Waals surface area contributed by atoms with E-state index in [-0.39, 0.29) is 0 Å². The second-order valence-corrected chi connectivity index (χ2v) is 6.20. The Morgan fingerprint density at radius 2 is 2.39 bits per heavy atom. The molecule has 1 fully saturated rings. The molecule has 2 heterocycles. The first-order valence-electron chi connectivity index (χ1n) is 6.68. The molecule has 0 spiro atoms. The van der Waals surface area contributed by atoms with Gasteiger partial charge in [-0.05, 0) is 42.8 Å². The van der Waals surface area contributed by atoms with Crippen molar-refractivity contribution in [3.05, 3.63) is 21.9 Å². The van der Waals surface area contributed by atoms with Crippen molar-refractivity contribution in [2.75, 3.05) is 26.7 Å². The van der Waals surface area contributed by atoms with Gasteiger partial charge in [-0.2, -0.15) is 0 Å². The quantitative estimate of drug-likeness (QED) is 0.911. The fourth-order valence-electron chi connectivity index (χ4n) is 2.80. The van der Waals surface area contributed by atoms with E-state index in [9.17, 15) is 0 Å². The summed E-state index contributed by atoms with van der Waals surface area (Å²) in [5.74, 6) is 0.647. The van der Waals surface area contributed by atoms with Crippen molar-refractivity contribution in [3.8, 4) is 0 Å². The first-order valence-corrected chi connectivity index (χ1v) is 7.56. The molecule has 3 unspecified atom stereocenters. The van der Waals surface area contributed by atoms with Crippen LogP contribution in [0.1, 0.15) is 29.8 Å². The van der Waals surface area contributed by atoms with E-state index in [0.717, 1.165) is 13.1 Å². The molecule has 0 saturated carbocycles. The van der Waals surface area contributed by atoms with Crippen LogP contribution in [0.2, 0.25) is 0 Å². The summed E-state index contributed by atoms with van der Waals surface area (Å²) in [6, 6.07) is 2.54. The lowest BCUT2D eigenvalue weighted by atomic mass is 9.94. The maximum Gasteiger partial charge on any atom is 0.0724 e. The molecule has 1 aliphatic heterocycles. The molecule has 2 rings (SSSR count). The summed E-state index contributed by atoms with van der Waals surface area (Å²) in [4.78, 5) is 3.91. The standard InChI is InChI=1S/C14H24N2OS/c1-10-4-6-16(9-13(10)17-3)12(8-15)14-11(2)5-7-18-14/h5,7,10,12-13H,4,6,8-9,15H2,1-3H3. The number of hydrogen-bond acceptors (Lipinski definition) is 4. The van der Waals surface area contributed by atoms with Gasteiger partial charge in [0, 0.05) is 25.1 Å². The molecule has 2 N–H and O–H groups in total. The molecular formula is C14H24N2OS. The lowest BCUT2D eigenvalue weighted by Crippen LogP contribution is -2.47. The van der Waals surface area contributed by atoms with Crippen LogP contribution in [0.15, 0.2) is 11.4 Å². The Morgan fingerprint density at radius 1 is 1.61 bits per heavy atom. The van der Waals surface area contributed by atoms with Gasteiger partial charge < -0.3 is 10.5 Å². The molecule has 1 aliphatic rings. The van der Waals surface area contributed by atoms with Gasteiger partial charge in [-0.3, -0.25) is 4.90 Å². The molecule has 1 aromatic heterocycles. The monoisotopic (exact) mass is 268 g/mol. The number of thiophene rings is 1. The van der Waals surface area contributed by atoms with Gasteiger partial charge in [0.1, 0.15) is 0 Å². The van der Waals surface area contributed by atoms with Crippen LogP contribution >= 0.6 is 11.3 Å². The highest BCUT2D eigenvalue weighted by Gasteiger charge is 2.31. The van der Waals surface area contributed by atoms with Crippen LogP contribution in [-0.4, -0.2) is 37.7 Å². The maximum atomic E-state index is 6.01. The number of nitrogens with zero attached hydrogens (tertiary/aromatic N) is 1. The topological polar surface area (TPSA) is 38.5 Å². The second kappa shape index (κ2) is 6.15. The Labute approximate surface area is 114 Å². The van der Waals surface area contributed by atoms with E-state index in [2.05, 4.69) is 30.2 Å². The van der Waals surface area contributed by atoms with Crippen LogP contribution in [0, 0.1) is 12.8 Å². The van der Waals surface area contributed by atoms with Crippen molar-refractivity contribution in [1.29, 1.82) is 0 Å². The molecule has 18 heavy (non-hydrogen) atoms. The second-order valence-electron chi connectivity index (χ2n) is 5.25. The minimum absolute atomic E-state index is 0.341. The van der Waals surface area contributed by atoms with E-state index in [4.69, 9.17) is 10.5 Å². The maximum absolute atomic E-state index is 6.01. The predicted molar refractivity (Wildman–Crippen MR) is 77.0 cm³/mol. The summed E-state index contributed by atoms with van der Waals surface area (Å²) in [6.45, 7) is 7.26. The third-order valence-corrected chi connectivity index (χ3v) is 5.21. The third-order valence-electron chi connectivity index (χ3n) is 4.09. The Kier molecular flexibility index (Phi) is 4.78. The zero-order chi connectivity index (χ0) is 13.1. The van der Waals surface area contributed by atoms with Crippen LogP contribution in [0.25, 0.3) is 0 Å². The fraction of sp³-hybridized carbons (Fsp3) is 0.714. The number of ether oxygens (including phenoxy) is 1. The molecule has 0 amide bonds. The number of likely N-dealkylation sites (tertiary alicyclic amines) is 1. The molecule has 3 nitrogen and oxygen atoms in total. The van der Waals surface area contributed by atoms with Crippen molar-refractivity contribution in [3.63, 3.8) is 0 Å². The van der Waals surface area contributed by atoms with Crippen molar-refractivity contribution in [1.82, 2.24) is 4.90 Å². The minimum atomic E-state index is 0.341. The highest BCUT2D eigenvalue weighted by molar-refractivity contribution is 7.10. The van der Waals surface area contributed by atoms with Gasteiger partial charge in [-0.15, -0.1) is 11.3 Å². The van der Waals surface area contributed by atoms with Gasteiger partial charge in [0.2, 0.25) is 0 Å². The Bertz CT molecular complexity index is 380. The molecule has 0 aliphatic carbocycles. The summed E-state index contributed by atoms with van der Waals surface area (Å²) in [7, 11) is 1.82. The Hall–Kier alpha value is -0.420. The van der Waals surface area contributed by atoms with Gasteiger partial charge in [-0.1, -0.05) is 6.92 Å². The molecule has 1 saturated heterocycles. The number of hydrogen-bond donors (Lipinski definition) is 1. The summed E-state index contributed by atoms with van der Waals surface area (Å²) in [6.07, 6.45) is 1.53. The highest BCUT2D eigenvalue weighted by Crippen LogP contribution is 2.31. The Morgan fingerprint density at radius 3 is 2.94 bits per heavy atom. The first kappa shape index (κ1) is 14.0.